The molecule has 0 aliphatic carbocycles. The second-order valence-corrected chi connectivity index (χ2v) is 6.46. The van der Waals surface area contributed by atoms with E-state index in [1.807, 2.05) is 42.2 Å². The van der Waals surface area contributed by atoms with Crippen LogP contribution in [-0.4, -0.2) is 58.9 Å². The Morgan fingerprint density at radius 3 is 2.64 bits per heavy atom. The maximum Gasteiger partial charge on any atom is 0.254 e. The van der Waals surface area contributed by atoms with Crippen molar-refractivity contribution in [2.75, 3.05) is 33.2 Å². The summed E-state index contributed by atoms with van der Waals surface area (Å²) in [6.45, 7) is 5.24. The Kier molecular flexibility index (Phi) is 3.97. The van der Waals surface area contributed by atoms with Gasteiger partial charge >= 0.3 is 0 Å². The largest absolute Gasteiger partial charge is 0.435 e. The Bertz CT molecular complexity index is 926. The first kappa shape index (κ1) is 15.8. The number of pyridine rings is 1. The first-order valence-corrected chi connectivity index (χ1v) is 8.42. The molecule has 0 bridgehead atoms. The van der Waals surface area contributed by atoms with Crippen LogP contribution in [0.1, 0.15) is 16.1 Å². The molecule has 1 saturated heterocycles. The number of carbonyl (C=O) groups excluding carboxylic acids is 1. The third-order valence-corrected chi connectivity index (χ3v) is 4.53. The number of aromatic nitrogens is 2. The van der Waals surface area contributed by atoms with Crippen LogP contribution in [0.15, 0.2) is 40.8 Å². The molecular formula is C19H20N4O2. The average Bonchev–Trinajstić information content (AvgIpc) is 3.05. The van der Waals surface area contributed by atoms with Crippen molar-refractivity contribution in [3.05, 3.63) is 47.7 Å². The van der Waals surface area contributed by atoms with Gasteiger partial charge in [-0.2, -0.15) is 0 Å². The predicted molar refractivity (Wildman–Crippen MR) is 95.4 cm³/mol. The van der Waals surface area contributed by atoms with Gasteiger partial charge in [0.1, 0.15) is 11.2 Å². The van der Waals surface area contributed by atoms with E-state index in [0.29, 0.717) is 22.7 Å². The van der Waals surface area contributed by atoms with Gasteiger partial charge in [0.05, 0.1) is 0 Å². The lowest BCUT2D eigenvalue weighted by Gasteiger charge is -2.32. The molecule has 2 aromatic heterocycles. The molecule has 3 heterocycles. The van der Waals surface area contributed by atoms with E-state index in [4.69, 9.17) is 4.42 Å². The maximum absolute atomic E-state index is 12.7. The summed E-state index contributed by atoms with van der Waals surface area (Å²) in [6, 6.07) is 11.2. The summed E-state index contributed by atoms with van der Waals surface area (Å²) in [5, 5.41) is 0. The Labute approximate surface area is 146 Å². The second-order valence-electron chi connectivity index (χ2n) is 6.46. The van der Waals surface area contributed by atoms with Gasteiger partial charge in [0.15, 0.2) is 5.58 Å². The van der Waals surface area contributed by atoms with E-state index in [9.17, 15) is 4.79 Å². The van der Waals surface area contributed by atoms with Gasteiger partial charge < -0.3 is 14.2 Å². The minimum absolute atomic E-state index is 0.0432. The van der Waals surface area contributed by atoms with Crippen LogP contribution in [-0.2, 0) is 0 Å². The van der Waals surface area contributed by atoms with E-state index in [1.165, 1.54) is 0 Å². The van der Waals surface area contributed by atoms with E-state index >= 15 is 0 Å². The first-order valence-electron chi connectivity index (χ1n) is 8.42. The van der Waals surface area contributed by atoms with E-state index in [0.717, 1.165) is 37.4 Å². The first-order chi connectivity index (χ1) is 12.1. The van der Waals surface area contributed by atoms with Crippen LogP contribution in [0.2, 0.25) is 0 Å². The van der Waals surface area contributed by atoms with Gasteiger partial charge in [-0.25, -0.2) is 9.97 Å². The number of carbonyl (C=O) groups is 1. The van der Waals surface area contributed by atoms with E-state index in [-0.39, 0.29) is 5.91 Å². The fraction of sp³-hybridized carbons (Fsp3) is 0.316. The molecule has 6 heteroatoms. The number of hydrogen-bond donors (Lipinski definition) is 0. The van der Waals surface area contributed by atoms with Crippen LogP contribution in [0.4, 0.5) is 0 Å². The lowest BCUT2D eigenvalue weighted by Crippen LogP contribution is -2.47. The molecule has 1 aromatic carbocycles. The van der Waals surface area contributed by atoms with Crippen molar-refractivity contribution in [2.24, 2.45) is 0 Å². The van der Waals surface area contributed by atoms with Gasteiger partial charge in [-0.3, -0.25) is 4.79 Å². The molecule has 0 saturated carbocycles. The zero-order valence-electron chi connectivity index (χ0n) is 14.4. The topological polar surface area (TPSA) is 62.5 Å². The number of benzene rings is 1. The number of nitrogens with zero attached hydrogens (tertiary/aromatic N) is 4. The molecule has 0 N–H and O–H groups in total. The Morgan fingerprint density at radius 1 is 1.08 bits per heavy atom. The molecule has 4 rings (SSSR count). The molecule has 1 amide bonds. The van der Waals surface area contributed by atoms with Gasteiger partial charge in [0, 0.05) is 37.4 Å². The number of likely N-dealkylation sites (N-methyl/N-ethyl adjacent to an activating group) is 1. The zero-order valence-corrected chi connectivity index (χ0v) is 14.4. The molecule has 0 atom stereocenters. The quantitative estimate of drug-likeness (QED) is 0.720. The van der Waals surface area contributed by atoms with Gasteiger partial charge in [-0.1, -0.05) is 6.07 Å². The summed E-state index contributed by atoms with van der Waals surface area (Å²) >= 11 is 0. The lowest BCUT2D eigenvalue weighted by atomic mass is 10.1. The van der Waals surface area contributed by atoms with Crippen molar-refractivity contribution in [2.45, 2.75) is 6.92 Å². The van der Waals surface area contributed by atoms with Crippen molar-refractivity contribution in [3.8, 4) is 11.6 Å². The molecular weight excluding hydrogens is 316 g/mol. The SMILES string of the molecule is Cc1cccc(-c2nc3ccc(C(=O)N4CCN(C)CC4)cc3o2)n1. The van der Waals surface area contributed by atoms with Crippen LogP contribution < -0.4 is 0 Å². The Balaban J connectivity index is 1.63. The monoisotopic (exact) mass is 336 g/mol. The maximum atomic E-state index is 12.7. The molecule has 25 heavy (non-hydrogen) atoms. The zero-order chi connectivity index (χ0) is 17.4. The summed E-state index contributed by atoms with van der Waals surface area (Å²) < 4.78 is 5.85. The molecule has 6 nitrogen and oxygen atoms in total. The van der Waals surface area contributed by atoms with E-state index in [2.05, 4.69) is 21.9 Å². The minimum atomic E-state index is 0.0432. The van der Waals surface area contributed by atoms with Crippen LogP contribution >= 0.6 is 0 Å². The fourth-order valence-electron chi connectivity index (χ4n) is 3.02. The highest BCUT2D eigenvalue weighted by atomic mass is 16.3. The third kappa shape index (κ3) is 3.13. The van der Waals surface area contributed by atoms with Crippen molar-refractivity contribution in [3.63, 3.8) is 0 Å². The number of fused-ring (bicyclic) bond motifs is 1. The molecule has 0 unspecified atom stereocenters. The van der Waals surface area contributed by atoms with Crippen molar-refractivity contribution < 1.29 is 9.21 Å². The molecule has 128 valence electrons. The predicted octanol–water partition coefficient (Wildman–Crippen LogP) is 2.59. The highest BCUT2D eigenvalue weighted by Crippen LogP contribution is 2.24. The Hall–Kier alpha value is -2.73. The molecule has 1 fully saturated rings. The summed E-state index contributed by atoms with van der Waals surface area (Å²) in [7, 11) is 2.07. The van der Waals surface area contributed by atoms with E-state index in [1.54, 1.807) is 6.07 Å². The second kappa shape index (κ2) is 6.29. The van der Waals surface area contributed by atoms with Gasteiger partial charge in [-0.15, -0.1) is 0 Å². The van der Waals surface area contributed by atoms with Crippen molar-refractivity contribution in [1.82, 2.24) is 19.8 Å². The Morgan fingerprint density at radius 2 is 1.88 bits per heavy atom. The fourth-order valence-corrected chi connectivity index (χ4v) is 3.02. The standard InChI is InChI=1S/C19H20N4O2/c1-13-4-3-5-16(20-13)18-21-15-7-6-14(12-17(15)25-18)19(24)23-10-8-22(2)9-11-23/h3-7,12H,8-11H2,1-2H3. The van der Waals surface area contributed by atoms with Crippen LogP contribution in [0.5, 0.6) is 0 Å². The van der Waals surface area contributed by atoms with E-state index < -0.39 is 0 Å². The number of hydrogen-bond acceptors (Lipinski definition) is 5. The lowest BCUT2D eigenvalue weighted by molar-refractivity contribution is 0.0664. The molecule has 3 aromatic rings. The average molecular weight is 336 g/mol. The van der Waals surface area contributed by atoms with Gasteiger partial charge in [0.2, 0.25) is 5.89 Å². The summed E-state index contributed by atoms with van der Waals surface area (Å²) in [5.41, 5.74) is 3.58. The van der Waals surface area contributed by atoms with Gasteiger partial charge in [0.25, 0.3) is 5.91 Å². The number of piperazine rings is 1. The number of aryl methyl sites for hydroxylation is 1. The van der Waals surface area contributed by atoms with Crippen molar-refractivity contribution >= 4 is 17.0 Å². The van der Waals surface area contributed by atoms with Crippen LogP contribution in [0, 0.1) is 6.92 Å². The number of oxazole rings is 1. The summed E-state index contributed by atoms with van der Waals surface area (Å²) in [4.78, 5) is 25.7. The van der Waals surface area contributed by atoms with Gasteiger partial charge in [-0.05, 0) is 44.3 Å². The highest BCUT2D eigenvalue weighted by molar-refractivity contribution is 5.97. The van der Waals surface area contributed by atoms with Crippen LogP contribution in [0.25, 0.3) is 22.7 Å². The van der Waals surface area contributed by atoms with Crippen LogP contribution in [0.3, 0.4) is 0 Å². The molecule has 0 radical (unpaired) electrons. The molecule has 1 aliphatic rings. The highest BCUT2D eigenvalue weighted by Gasteiger charge is 2.21. The minimum Gasteiger partial charge on any atom is -0.435 e. The summed E-state index contributed by atoms with van der Waals surface area (Å²) in [5.74, 6) is 0.518. The number of amides is 1. The molecule has 1 aliphatic heterocycles. The summed E-state index contributed by atoms with van der Waals surface area (Å²) in [6.07, 6.45) is 0. The van der Waals surface area contributed by atoms with Crippen molar-refractivity contribution in [1.29, 1.82) is 0 Å². The third-order valence-electron chi connectivity index (χ3n) is 4.53. The molecule has 0 spiro atoms. The normalized spacial score (nSPS) is 15.7. The number of rotatable bonds is 2. The smallest absolute Gasteiger partial charge is 0.254 e.